The molecule has 0 aliphatic carbocycles. The van der Waals surface area contributed by atoms with Gasteiger partial charge < -0.3 is 9.80 Å². The summed E-state index contributed by atoms with van der Waals surface area (Å²) in [5.41, 5.74) is 2.80. The van der Waals surface area contributed by atoms with Crippen LogP contribution in [0.3, 0.4) is 0 Å². The summed E-state index contributed by atoms with van der Waals surface area (Å²) < 4.78 is 0. The van der Waals surface area contributed by atoms with Crippen LogP contribution in [-0.2, 0) is 10.2 Å². The maximum absolute atomic E-state index is 10.5. The van der Waals surface area contributed by atoms with Crippen molar-refractivity contribution in [2.24, 2.45) is 0 Å². The monoisotopic (exact) mass is 245 g/mol. The van der Waals surface area contributed by atoms with Crippen molar-refractivity contribution < 1.29 is 4.79 Å². The molecule has 0 unspecified atom stereocenters. The highest BCUT2D eigenvalue weighted by Crippen LogP contribution is 2.25. The summed E-state index contributed by atoms with van der Waals surface area (Å²) in [4.78, 5) is 14.6. The number of anilines is 1. The van der Waals surface area contributed by atoms with Gasteiger partial charge in [-0.25, -0.2) is 0 Å². The Morgan fingerprint density at radius 1 is 1.00 bits per heavy atom. The molecule has 1 radical (unpaired) electrons. The van der Waals surface area contributed by atoms with E-state index in [2.05, 4.69) is 49.9 Å². The SMILES string of the molecule is CC(C)(C)c1ccc(N2CCN([C]=O)CC2)cc1. The minimum Gasteiger partial charge on any atom is -0.368 e. The molecule has 0 bridgehead atoms. The van der Waals surface area contributed by atoms with Gasteiger partial charge in [0.1, 0.15) is 0 Å². The number of benzene rings is 1. The van der Waals surface area contributed by atoms with Gasteiger partial charge >= 0.3 is 6.41 Å². The Morgan fingerprint density at radius 3 is 2.00 bits per heavy atom. The Labute approximate surface area is 109 Å². The standard InChI is InChI=1S/C15H21N2O/c1-15(2,3)13-4-6-14(7-5-13)17-10-8-16(12-18)9-11-17/h4-7H,8-11H2,1-3H3. The molecule has 1 aliphatic rings. The fourth-order valence-corrected chi connectivity index (χ4v) is 2.23. The molecule has 1 aromatic carbocycles. The molecule has 0 atom stereocenters. The summed E-state index contributed by atoms with van der Waals surface area (Å²) in [6.07, 6.45) is 1.96. The van der Waals surface area contributed by atoms with E-state index in [0.717, 1.165) is 26.2 Å². The third-order valence-corrected chi connectivity index (χ3v) is 3.51. The van der Waals surface area contributed by atoms with E-state index < -0.39 is 0 Å². The minimum atomic E-state index is 0.198. The molecule has 0 saturated carbocycles. The van der Waals surface area contributed by atoms with E-state index in [1.54, 1.807) is 4.90 Å². The van der Waals surface area contributed by atoms with Crippen molar-refractivity contribution in [3.63, 3.8) is 0 Å². The molecular formula is C15H21N2O. The van der Waals surface area contributed by atoms with Gasteiger partial charge in [-0.1, -0.05) is 32.9 Å². The van der Waals surface area contributed by atoms with Crippen LogP contribution in [0.5, 0.6) is 0 Å². The molecule has 2 rings (SSSR count). The van der Waals surface area contributed by atoms with Crippen molar-refractivity contribution in [1.29, 1.82) is 0 Å². The second-order valence-corrected chi connectivity index (χ2v) is 5.86. The molecule has 1 saturated heterocycles. The molecule has 1 heterocycles. The predicted octanol–water partition coefficient (Wildman–Crippen LogP) is 2.17. The van der Waals surface area contributed by atoms with Gasteiger partial charge in [0.05, 0.1) is 0 Å². The van der Waals surface area contributed by atoms with Crippen molar-refractivity contribution in [3.8, 4) is 0 Å². The van der Waals surface area contributed by atoms with Crippen LogP contribution in [0.4, 0.5) is 5.69 Å². The molecular weight excluding hydrogens is 224 g/mol. The first kappa shape index (κ1) is 12.9. The van der Waals surface area contributed by atoms with Crippen LogP contribution < -0.4 is 4.90 Å². The van der Waals surface area contributed by atoms with Gasteiger partial charge in [0.15, 0.2) is 0 Å². The number of hydrogen-bond donors (Lipinski definition) is 0. The molecule has 0 spiro atoms. The number of piperazine rings is 1. The van der Waals surface area contributed by atoms with Crippen molar-refractivity contribution in [3.05, 3.63) is 29.8 Å². The number of hydrogen-bond acceptors (Lipinski definition) is 2. The maximum Gasteiger partial charge on any atom is 0.312 e. The Balaban J connectivity index is 2.05. The molecule has 1 aliphatic heterocycles. The normalized spacial score (nSPS) is 16.8. The average molecular weight is 245 g/mol. The largest absolute Gasteiger partial charge is 0.368 e. The first-order valence-electron chi connectivity index (χ1n) is 6.49. The third-order valence-electron chi connectivity index (χ3n) is 3.51. The second kappa shape index (κ2) is 5.01. The van der Waals surface area contributed by atoms with Crippen LogP contribution in [0.15, 0.2) is 24.3 Å². The Hall–Kier alpha value is -1.51. The molecule has 1 aromatic rings. The summed E-state index contributed by atoms with van der Waals surface area (Å²) >= 11 is 0. The minimum absolute atomic E-state index is 0.198. The number of amides is 1. The quantitative estimate of drug-likeness (QED) is 0.797. The fraction of sp³-hybridized carbons (Fsp3) is 0.533. The third kappa shape index (κ3) is 2.84. The lowest BCUT2D eigenvalue weighted by Gasteiger charge is -2.34. The van der Waals surface area contributed by atoms with E-state index >= 15 is 0 Å². The summed E-state index contributed by atoms with van der Waals surface area (Å²) in [6.45, 7) is 9.99. The van der Waals surface area contributed by atoms with Gasteiger partial charge in [0.25, 0.3) is 0 Å². The molecule has 1 amide bonds. The Kier molecular flexibility index (Phi) is 3.60. The van der Waals surface area contributed by atoms with Crippen molar-refractivity contribution in [2.75, 3.05) is 31.1 Å². The van der Waals surface area contributed by atoms with Crippen LogP contribution in [0.1, 0.15) is 26.3 Å². The van der Waals surface area contributed by atoms with E-state index in [4.69, 9.17) is 0 Å². The van der Waals surface area contributed by atoms with Gasteiger partial charge in [0.2, 0.25) is 0 Å². The van der Waals surface area contributed by atoms with E-state index in [1.165, 1.54) is 11.3 Å². The van der Waals surface area contributed by atoms with Crippen LogP contribution >= 0.6 is 0 Å². The molecule has 3 heteroatoms. The van der Waals surface area contributed by atoms with Crippen molar-refractivity contribution in [2.45, 2.75) is 26.2 Å². The summed E-state index contributed by atoms with van der Waals surface area (Å²) in [5, 5.41) is 0. The first-order valence-corrected chi connectivity index (χ1v) is 6.49. The molecule has 0 aromatic heterocycles. The van der Waals surface area contributed by atoms with Gasteiger partial charge in [-0.3, -0.25) is 4.79 Å². The first-order chi connectivity index (χ1) is 8.50. The molecule has 3 nitrogen and oxygen atoms in total. The van der Waals surface area contributed by atoms with E-state index in [-0.39, 0.29) is 5.41 Å². The van der Waals surface area contributed by atoms with Gasteiger partial charge in [-0.05, 0) is 23.1 Å². The molecule has 18 heavy (non-hydrogen) atoms. The van der Waals surface area contributed by atoms with Crippen LogP contribution in [0, 0.1) is 0 Å². The number of rotatable bonds is 2. The summed E-state index contributed by atoms with van der Waals surface area (Å²) in [6, 6.07) is 8.77. The Morgan fingerprint density at radius 2 is 1.56 bits per heavy atom. The fourth-order valence-electron chi connectivity index (χ4n) is 2.23. The maximum atomic E-state index is 10.5. The summed E-state index contributed by atoms with van der Waals surface area (Å²) in [5.74, 6) is 0. The van der Waals surface area contributed by atoms with Gasteiger partial charge in [0, 0.05) is 31.9 Å². The predicted molar refractivity (Wildman–Crippen MR) is 74.6 cm³/mol. The average Bonchev–Trinajstić information content (AvgIpc) is 2.38. The zero-order valence-corrected chi connectivity index (χ0v) is 11.4. The highest BCUT2D eigenvalue weighted by atomic mass is 16.1. The smallest absolute Gasteiger partial charge is 0.312 e. The Bertz CT molecular complexity index is 397. The molecule has 1 fully saturated rings. The molecule has 97 valence electrons. The molecule has 0 N–H and O–H groups in total. The number of carbonyl (C=O) groups excluding carboxylic acids is 1. The number of nitrogens with zero attached hydrogens (tertiary/aromatic N) is 2. The summed E-state index contributed by atoms with van der Waals surface area (Å²) in [7, 11) is 0. The van der Waals surface area contributed by atoms with Crippen LogP contribution in [0.2, 0.25) is 0 Å². The van der Waals surface area contributed by atoms with Crippen molar-refractivity contribution >= 4 is 12.1 Å². The topological polar surface area (TPSA) is 23.6 Å². The van der Waals surface area contributed by atoms with E-state index in [1.807, 2.05) is 6.41 Å². The lowest BCUT2D eigenvalue weighted by atomic mass is 9.87. The van der Waals surface area contributed by atoms with Gasteiger partial charge in [-0.2, -0.15) is 0 Å². The lowest BCUT2D eigenvalue weighted by Crippen LogP contribution is -2.45. The second-order valence-electron chi connectivity index (χ2n) is 5.86. The highest BCUT2D eigenvalue weighted by Gasteiger charge is 2.17. The van der Waals surface area contributed by atoms with Crippen LogP contribution in [-0.4, -0.2) is 37.5 Å². The zero-order chi connectivity index (χ0) is 13.2. The van der Waals surface area contributed by atoms with Crippen molar-refractivity contribution in [1.82, 2.24) is 4.90 Å². The highest BCUT2D eigenvalue weighted by molar-refractivity contribution is 5.52. The van der Waals surface area contributed by atoms with E-state index in [9.17, 15) is 4.79 Å². The van der Waals surface area contributed by atoms with E-state index in [0.29, 0.717) is 0 Å². The lowest BCUT2D eigenvalue weighted by molar-refractivity contribution is 0.357. The van der Waals surface area contributed by atoms with Gasteiger partial charge in [-0.15, -0.1) is 0 Å². The zero-order valence-electron chi connectivity index (χ0n) is 11.4. The van der Waals surface area contributed by atoms with Crippen LogP contribution in [0.25, 0.3) is 0 Å².